The normalized spacial score (nSPS) is 12.2. The molecule has 2 aliphatic rings. The van der Waals surface area contributed by atoms with Crippen LogP contribution < -0.4 is 4.74 Å². The Morgan fingerprint density at radius 1 is 0.615 bits per heavy atom. The molecule has 0 unspecified atom stereocenters. The van der Waals surface area contributed by atoms with Gasteiger partial charge in [0.15, 0.2) is 0 Å². The van der Waals surface area contributed by atoms with Crippen LogP contribution in [0.1, 0.15) is 18.4 Å². The summed E-state index contributed by atoms with van der Waals surface area (Å²) in [7, 11) is 0. The number of hydrogen-bond acceptors (Lipinski definition) is 1. The maximum Gasteiger partial charge on any atom is 0.119 e. The van der Waals surface area contributed by atoms with Crippen molar-refractivity contribution in [3.63, 3.8) is 0 Å². The zero-order valence-electron chi connectivity index (χ0n) is 15.3. The van der Waals surface area contributed by atoms with Crippen LogP contribution in [0.4, 0.5) is 0 Å². The van der Waals surface area contributed by atoms with Gasteiger partial charge in [-0.15, -0.1) is 13.2 Å². The molecule has 2 aliphatic carbocycles. The molecule has 0 saturated carbocycles. The monoisotopic (exact) mass is 344 g/mol. The van der Waals surface area contributed by atoms with Crippen molar-refractivity contribution in [1.29, 1.82) is 0 Å². The first-order valence-corrected chi connectivity index (χ1v) is 8.80. The van der Waals surface area contributed by atoms with E-state index >= 15 is 0 Å². The van der Waals surface area contributed by atoms with E-state index < -0.39 is 0 Å². The average Bonchev–Trinajstić information content (AvgIpc) is 3.49. The Balaban J connectivity index is 0.000000230. The molecule has 26 heavy (non-hydrogen) atoms. The van der Waals surface area contributed by atoms with Crippen molar-refractivity contribution < 1.29 is 4.74 Å². The second-order valence-corrected chi connectivity index (χ2v) is 5.27. The number of allylic oxidation sites excluding steroid dienone is 8. The van der Waals surface area contributed by atoms with Gasteiger partial charge in [0.2, 0.25) is 0 Å². The minimum absolute atomic E-state index is 0.630. The van der Waals surface area contributed by atoms with E-state index in [0.717, 1.165) is 18.6 Å². The molecule has 0 bridgehead atoms. The molecule has 0 radical (unpaired) electrons. The molecule has 2 aromatic rings. The lowest BCUT2D eigenvalue weighted by Crippen LogP contribution is -1.94. The summed E-state index contributed by atoms with van der Waals surface area (Å²) in [5.41, 5.74) is 1.19. The Kier molecular flexibility index (Phi) is 12.5. The van der Waals surface area contributed by atoms with Crippen molar-refractivity contribution in [3.05, 3.63) is 128 Å². The van der Waals surface area contributed by atoms with Crippen molar-refractivity contribution in [1.82, 2.24) is 0 Å². The molecule has 2 aromatic carbocycles. The highest BCUT2D eigenvalue weighted by molar-refractivity contribution is 5.22. The van der Waals surface area contributed by atoms with Gasteiger partial charge in [0.25, 0.3) is 0 Å². The number of hydrogen-bond donors (Lipinski definition) is 0. The first-order valence-electron chi connectivity index (χ1n) is 8.80. The Labute approximate surface area is 158 Å². The van der Waals surface area contributed by atoms with E-state index in [1.807, 2.05) is 48.5 Å². The van der Waals surface area contributed by atoms with Crippen LogP contribution in [0.15, 0.2) is 122 Å². The fraction of sp³-hybridized carbons (Fsp3) is 0.120. The molecule has 0 aromatic heterocycles. The largest absolute Gasteiger partial charge is 0.489 e. The first kappa shape index (κ1) is 21.0. The molecule has 0 aliphatic heterocycles. The lowest BCUT2D eigenvalue weighted by atomic mass is 10.2. The van der Waals surface area contributed by atoms with Gasteiger partial charge in [0, 0.05) is 0 Å². The summed E-state index contributed by atoms with van der Waals surface area (Å²) in [5, 5.41) is 0. The van der Waals surface area contributed by atoms with Crippen LogP contribution in [0.2, 0.25) is 0 Å². The molecule has 4 rings (SSSR count). The van der Waals surface area contributed by atoms with Gasteiger partial charge in [0.05, 0.1) is 0 Å². The smallest absolute Gasteiger partial charge is 0.119 e. The van der Waals surface area contributed by atoms with E-state index in [0.29, 0.717) is 6.61 Å². The van der Waals surface area contributed by atoms with E-state index in [1.54, 1.807) is 0 Å². The molecule has 0 atom stereocenters. The van der Waals surface area contributed by atoms with E-state index in [4.69, 9.17) is 4.74 Å². The van der Waals surface area contributed by atoms with Crippen LogP contribution in [0.25, 0.3) is 0 Å². The summed E-state index contributed by atoms with van der Waals surface area (Å²) in [6.45, 7) is 6.63. The summed E-state index contributed by atoms with van der Waals surface area (Å²) in [6, 6.07) is 20.0. The molecule has 0 spiro atoms. The molecule has 0 heterocycles. The third-order valence-corrected chi connectivity index (χ3v) is 3.30. The third-order valence-electron chi connectivity index (χ3n) is 3.30. The van der Waals surface area contributed by atoms with Crippen molar-refractivity contribution in [3.8, 4) is 5.75 Å². The van der Waals surface area contributed by atoms with Gasteiger partial charge in [-0.05, 0) is 30.5 Å². The van der Waals surface area contributed by atoms with Crippen LogP contribution in [0.5, 0.6) is 5.75 Å². The summed E-state index contributed by atoms with van der Waals surface area (Å²) < 4.78 is 5.59. The van der Waals surface area contributed by atoms with E-state index in [-0.39, 0.29) is 0 Å². The SMILES string of the molecule is C1=CCC=C1.C1=CCC=C1.C=C.c1ccc(COc2ccccc2)cc1. The number of para-hydroxylation sites is 1. The predicted octanol–water partition coefficient (Wildman–Crippen LogP) is 7.07. The van der Waals surface area contributed by atoms with Crippen molar-refractivity contribution in [2.75, 3.05) is 0 Å². The zero-order valence-corrected chi connectivity index (χ0v) is 15.3. The van der Waals surface area contributed by atoms with Crippen LogP contribution in [-0.4, -0.2) is 0 Å². The second-order valence-electron chi connectivity index (χ2n) is 5.27. The van der Waals surface area contributed by atoms with E-state index in [1.165, 1.54) is 5.56 Å². The Bertz CT molecular complexity index is 597. The minimum atomic E-state index is 0.630. The van der Waals surface area contributed by atoms with Gasteiger partial charge in [0.1, 0.15) is 12.4 Å². The van der Waals surface area contributed by atoms with Gasteiger partial charge in [-0.1, -0.05) is 97.1 Å². The minimum Gasteiger partial charge on any atom is -0.489 e. The lowest BCUT2D eigenvalue weighted by molar-refractivity contribution is 0.306. The highest BCUT2D eigenvalue weighted by Crippen LogP contribution is 2.11. The van der Waals surface area contributed by atoms with Crippen LogP contribution >= 0.6 is 0 Å². The van der Waals surface area contributed by atoms with Gasteiger partial charge < -0.3 is 4.74 Å². The fourth-order valence-corrected chi connectivity index (χ4v) is 2.04. The van der Waals surface area contributed by atoms with Gasteiger partial charge in [-0.3, -0.25) is 0 Å². The maximum atomic E-state index is 5.59. The summed E-state index contributed by atoms with van der Waals surface area (Å²) in [4.78, 5) is 0. The highest BCUT2D eigenvalue weighted by Gasteiger charge is 1.92. The second kappa shape index (κ2) is 15.5. The topological polar surface area (TPSA) is 9.23 Å². The van der Waals surface area contributed by atoms with Crippen molar-refractivity contribution in [2.24, 2.45) is 0 Å². The van der Waals surface area contributed by atoms with Gasteiger partial charge in [-0.2, -0.15) is 0 Å². The van der Waals surface area contributed by atoms with Crippen LogP contribution in [0.3, 0.4) is 0 Å². The Hall–Kier alpha value is -3.06. The lowest BCUT2D eigenvalue weighted by Gasteiger charge is -2.05. The molecular formula is C25H28O. The van der Waals surface area contributed by atoms with Crippen LogP contribution in [-0.2, 0) is 6.61 Å². The molecule has 0 fully saturated rings. The fourth-order valence-electron chi connectivity index (χ4n) is 2.04. The molecule has 0 amide bonds. The van der Waals surface area contributed by atoms with E-state index in [9.17, 15) is 0 Å². The molecule has 134 valence electrons. The number of rotatable bonds is 3. The summed E-state index contributed by atoms with van der Waals surface area (Å²) >= 11 is 0. The molecule has 1 nitrogen and oxygen atoms in total. The average molecular weight is 344 g/mol. The van der Waals surface area contributed by atoms with Crippen molar-refractivity contribution >= 4 is 0 Å². The highest BCUT2D eigenvalue weighted by atomic mass is 16.5. The summed E-state index contributed by atoms with van der Waals surface area (Å²) in [5.74, 6) is 0.913. The molecule has 0 N–H and O–H groups in total. The number of benzene rings is 2. The molecular weight excluding hydrogens is 316 g/mol. The van der Waals surface area contributed by atoms with Gasteiger partial charge in [-0.25, -0.2) is 0 Å². The molecule has 0 saturated heterocycles. The maximum absolute atomic E-state index is 5.59. The van der Waals surface area contributed by atoms with Gasteiger partial charge >= 0.3 is 0 Å². The number of ether oxygens (including phenoxy) is 1. The molecule has 1 heteroatoms. The van der Waals surface area contributed by atoms with E-state index in [2.05, 4.69) is 73.9 Å². The zero-order chi connectivity index (χ0) is 18.7. The van der Waals surface area contributed by atoms with Crippen molar-refractivity contribution in [2.45, 2.75) is 19.4 Å². The Morgan fingerprint density at radius 3 is 1.42 bits per heavy atom. The quantitative estimate of drug-likeness (QED) is 0.541. The predicted molar refractivity (Wildman–Crippen MR) is 114 cm³/mol. The third kappa shape index (κ3) is 10.7. The Morgan fingerprint density at radius 2 is 1.04 bits per heavy atom. The van der Waals surface area contributed by atoms with Crippen LogP contribution in [0, 0.1) is 0 Å². The summed E-state index contributed by atoms with van der Waals surface area (Å²) in [6.07, 6.45) is 19.0. The first-order chi connectivity index (χ1) is 12.9. The standard InChI is InChI=1S/C13H12O.2C5H6.C2H4/c1-3-7-12(8-4-1)11-14-13-9-5-2-6-10-13;2*1-2-4-5-3-1;1-2/h1-10H,11H2;2*1-4H,5H2;1-2H2.